The minimum absolute atomic E-state index is 0.213. The summed E-state index contributed by atoms with van der Waals surface area (Å²) >= 11 is 0. The molecule has 1 amide bonds. The maximum Gasteiger partial charge on any atom is 0.222 e. The number of carbonyl (C=O) groups excluding carboxylic acids is 1. The Hall–Kier alpha value is -1.35. The fourth-order valence-electron chi connectivity index (χ4n) is 2.08. The van der Waals surface area contributed by atoms with Gasteiger partial charge in [0.1, 0.15) is 0 Å². The van der Waals surface area contributed by atoms with Crippen LogP contribution in [0.25, 0.3) is 0 Å². The van der Waals surface area contributed by atoms with Crippen molar-refractivity contribution < 1.29 is 4.79 Å². The second-order valence-electron chi connectivity index (χ2n) is 4.60. The van der Waals surface area contributed by atoms with E-state index in [9.17, 15) is 4.79 Å². The third-order valence-corrected chi connectivity index (χ3v) is 3.11. The van der Waals surface area contributed by atoms with Crippen molar-refractivity contribution >= 4 is 5.91 Å². The summed E-state index contributed by atoms with van der Waals surface area (Å²) in [5.41, 5.74) is 8.05. The van der Waals surface area contributed by atoms with Crippen molar-refractivity contribution in [2.24, 2.45) is 5.73 Å². The Labute approximate surface area is 110 Å². The first-order chi connectivity index (χ1) is 8.69. The zero-order chi connectivity index (χ0) is 13.4. The van der Waals surface area contributed by atoms with E-state index in [1.807, 2.05) is 17.0 Å². The zero-order valence-corrected chi connectivity index (χ0v) is 11.5. The van der Waals surface area contributed by atoms with Gasteiger partial charge in [0.25, 0.3) is 0 Å². The molecule has 0 radical (unpaired) electrons. The van der Waals surface area contributed by atoms with Crippen LogP contribution in [0.5, 0.6) is 0 Å². The van der Waals surface area contributed by atoms with Crippen LogP contribution in [0.15, 0.2) is 24.3 Å². The van der Waals surface area contributed by atoms with Crippen molar-refractivity contribution in [1.82, 2.24) is 4.90 Å². The molecular weight excluding hydrogens is 224 g/mol. The largest absolute Gasteiger partial charge is 0.341 e. The summed E-state index contributed by atoms with van der Waals surface area (Å²) in [4.78, 5) is 14.0. The third kappa shape index (κ3) is 4.49. The van der Waals surface area contributed by atoms with Gasteiger partial charge < -0.3 is 10.6 Å². The number of nitrogens with two attached hydrogens (primary N) is 1. The number of rotatable bonds is 7. The van der Waals surface area contributed by atoms with E-state index in [4.69, 9.17) is 5.73 Å². The molecule has 0 aliphatic carbocycles. The summed E-state index contributed by atoms with van der Waals surface area (Å²) in [6.07, 6.45) is 2.37. The van der Waals surface area contributed by atoms with Crippen LogP contribution < -0.4 is 5.73 Å². The van der Waals surface area contributed by atoms with E-state index in [-0.39, 0.29) is 5.91 Å². The molecule has 0 saturated carbocycles. The van der Waals surface area contributed by atoms with Crippen LogP contribution in [-0.4, -0.2) is 30.4 Å². The molecule has 2 N–H and O–H groups in total. The Bertz CT molecular complexity index is 371. The summed E-state index contributed by atoms with van der Waals surface area (Å²) in [7, 11) is 0. The van der Waals surface area contributed by atoms with E-state index >= 15 is 0 Å². The topological polar surface area (TPSA) is 46.3 Å². The van der Waals surface area contributed by atoms with Crippen LogP contribution in [0, 0.1) is 6.92 Å². The molecule has 0 saturated heterocycles. The molecule has 3 heteroatoms. The van der Waals surface area contributed by atoms with E-state index in [2.05, 4.69) is 26.0 Å². The molecule has 1 rings (SSSR count). The fourth-order valence-corrected chi connectivity index (χ4v) is 2.08. The standard InChI is InChI=1S/C15H24N2O/c1-3-11-17(12-10-16)15(18)9-8-14-7-5-4-6-13(14)2/h4-7H,3,8-12,16H2,1-2H3. The van der Waals surface area contributed by atoms with Gasteiger partial charge in [-0.3, -0.25) is 4.79 Å². The number of aryl methyl sites for hydroxylation is 2. The highest BCUT2D eigenvalue weighted by molar-refractivity contribution is 5.76. The third-order valence-electron chi connectivity index (χ3n) is 3.11. The molecule has 100 valence electrons. The van der Waals surface area contributed by atoms with Gasteiger partial charge in [0.05, 0.1) is 0 Å². The summed E-state index contributed by atoms with van der Waals surface area (Å²) in [6, 6.07) is 8.23. The molecule has 1 aromatic carbocycles. The van der Waals surface area contributed by atoms with Gasteiger partial charge in [0, 0.05) is 26.1 Å². The Balaban J connectivity index is 2.51. The van der Waals surface area contributed by atoms with E-state index in [1.54, 1.807) is 0 Å². The average Bonchev–Trinajstić information content (AvgIpc) is 2.37. The molecule has 0 aliphatic heterocycles. The molecule has 0 heterocycles. The molecule has 0 fully saturated rings. The molecule has 0 atom stereocenters. The first-order valence-corrected chi connectivity index (χ1v) is 6.71. The number of carbonyl (C=O) groups is 1. The molecule has 1 aromatic rings. The maximum atomic E-state index is 12.1. The van der Waals surface area contributed by atoms with Gasteiger partial charge in [-0.15, -0.1) is 0 Å². The van der Waals surface area contributed by atoms with E-state index in [0.717, 1.165) is 19.4 Å². The molecule has 18 heavy (non-hydrogen) atoms. The van der Waals surface area contributed by atoms with Gasteiger partial charge in [-0.05, 0) is 30.9 Å². The van der Waals surface area contributed by atoms with Crippen molar-refractivity contribution in [3.05, 3.63) is 35.4 Å². The molecule has 0 spiro atoms. The lowest BCUT2D eigenvalue weighted by molar-refractivity contribution is -0.131. The Morgan fingerprint density at radius 3 is 2.61 bits per heavy atom. The van der Waals surface area contributed by atoms with Gasteiger partial charge in [0.2, 0.25) is 5.91 Å². The van der Waals surface area contributed by atoms with Gasteiger partial charge >= 0.3 is 0 Å². The highest BCUT2D eigenvalue weighted by Gasteiger charge is 2.11. The molecule has 0 aliphatic rings. The van der Waals surface area contributed by atoms with Crippen LogP contribution in [0.2, 0.25) is 0 Å². The predicted molar refractivity (Wildman–Crippen MR) is 75.4 cm³/mol. The quantitative estimate of drug-likeness (QED) is 0.803. The van der Waals surface area contributed by atoms with Crippen molar-refractivity contribution in [1.29, 1.82) is 0 Å². The number of benzene rings is 1. The smallest absolute Gasteiger partial charge is 0.222 e. The lowest BCUT2D eigenvalue weighted by atomic mass is 10.0. The lowest BCUT2D eigenvalue weighted by Crippen LogP contribution is -2.36. The summed E-state index contributed by atoms with van der Waals surface area (Å²) in [5, 5.41) is 0. The molecule has 3 nitrogen and oxygen atoms in total. The van der Waals surface area contributed by atoms with Gasteiger partial charge in [-0.2, -0.15) is 0 Å². The molecule has 0 unspecified atom stereocenters. The highest BCUT2D eigenvalue weighted by atomic mass is 16.2. The van der Waals surface area contributed by atoms with Crippen LogP contribution in [-0.2, 0) is 11.2 Å². The van der Waals surface area contributed by atoms with Gasteiger partial charge in [-0.25, -0.2) is 0 Å². The molecule has 0 aromatic heterocycles. The first-order valence-electron chi connectivity index (χ1n) is 6.71. The predicted octanol–water partition coefficient (Wildman–Crippen LogP) is 2.12. The van der Waals surface area contributed by atoms with Crippen LogP contribution in [0.1, 0.15) is 30.9 Å². The summed E-state index contributed by atoms with van der Waals surface area (Å²) < 4.78 is 0. The van der Waals surface area contributed by atoms with Crippen LogP contribution in [0.3, 0.4) is 0 Å². The number of nitrogens with zero attached hydrogens (tertiary/aromatic N) is 1. The van der Waals surface area contributed by atoms with Crippen molar-refractivity contribution in [3.8, 4) is 0 Å². The lowest BCUT2D eigenvalue weighted by Gasteiger charge is -2.21. The summed E-state index contributed by atoms with van der Waals surface area (Å²) in [6.45, 7) is 6.18. The summed E-state index contributed by atoms with van der Waals surface area (Å²) in [5.74, 6) is 0.213. The zero-order valence-electron chi connectivity index (χ0n) is 11.5. The van der Waals surface area contributed by atoms with Gasteiger partial charge in [0.15, 0.2) is 0 Å². The minimum Gasteiger partial charge on any atom is -0.341 e. The minimum atomic E-state index is 0.213. The maximum absolute atomic E-state index is 12.1. The Morgan fingerprint density at radius 2 is 2.00 bits per heavy atom. The van der Waals surface area contributed by atoms with E-state index < -0.39 is 0 Å². The number of hydrogen-bond donors (Lipinski definition) is 1. The molecule has 0 bridgehead atoms. The second kappa shape index (κ2) is 7.88. The Morgan fingerprint density at radius 1 is 1.28 bits per heavy atom. The number of amides is 1. The second-order valence-corrected chi connectivity index (χ2v) is 4.60. The van der Waals surface area contributed by atoms with Crippen LogP contribution in [0.4, 0.5) is 0 Å². The average molecular weight is 248 g/mol. The van der Waals surface area contributed by atoms with Crippen LogP contribution >= 0.6 is 0 Å². The van der Waals surface area contributed by atoms with Crippen molar-refractivity contribution in [3.63, 3.8) is 0 Å². The van der Waals surface area contributed by atoms with Crippen molar-refractivity contribution in [2.75, 3.05) is 19.6 Å². The Kier molecular flexibility index (Phi) is 6.44. The van der Waals surface area contributed by atoms with E-state index in [1.165, 1.54) is 11.1 Å². The van der Waals surface area contributed by atoms with Gasteiger partial charge in [-0.1, -0.05) is 31.2 Å². The number of hydrogen-bond acceptors (Lipinski definition) is 2. The normalized spacial score (nSPS) is 10.4. The molecular formula is C15H24N2O. The SMILES string of the molecule is CCCN(CCN)C(=O)CCc1ccccc1C. The monoisotopic (exact) mass is 248 g/mol. The fraction of sp³-hybridized carbons (Fsp3) is 0.533. The van der Waals surface area contributed by atoms with Crippen molar-refractivity contribution in [2.45, 2.75) is 33.1 Å². The highest BCUT2D eigenvalue weighted by Crippen LogP contribution is 2.10. The first kappa shape index (κ1) is 14.7. The van der Waals surface area contributed by atoms with E-state index in [0.29, 0.717) is 19.5 Å².